The molecule has 2 heterocycles. The quantitative estimate of drug-likeness (QED) is 0.492. The number of hydrogen-bond donors (Lipinski definition) is 1. The van der Waals surface area contributed by atoms with Gasteiger partial charge in [0.15, 0.2) is 5.16 Å². The smallest absolute Gasteiger partial charge is 0.276 e. The van der Waals surface area contributed by atoms with E-state index in [1.54, 1.807) is 11.7 Å². The van der Waals surface area contributed by atoms with Gasteiger partial charge in [0.05, 0.1) is 24.1 Å². The number of nitrogens with one attached hydrogen (secondary N) is 1. The molecule has 0 unspecified atom stereocenters. The Morgan fingerprint density at radius 2 is 2.11 bits per heavy atom. The van der Waals surface area contributed by atoms with E-state index in [4.69, 9.17) is 4.74 Å². The van der Waals surface area contributed by atoms with E-state index >= 15 is 0 Å². The number of thioether (sulfide) groups is 1. The van der Waals surface area contributed by atoms with E-state index < -0.39 is 0 Å². The lowest BCUT2D eigenvalue weighted by Gasteiger charge is -2.15. The maximum atomic E-state index is 13.2. The molecule has 1 aliphatic rings. The van der Waals surface area contributed by atoms with E-state index in [1.165, 1.54) is 35.9 Å². The molecule has 0 saturated heterocycles. The Morgan fingerprint density at radius 3 is 2.89 bits per heavy atom. The maximum Gasteiger partial charge on any atom is 0.276 e. The molecule has 6 nitrogen and oxygen atoms in total. The van der Waals surface area contributed by atoms with Crippen LogP contribution in [0.4, 0.5) is 0 Å². The second kappa shape index (κ2) is 8.36. The Morgan fingerprint density at radius 1 is 1.32 bits per heavy atom. The van der Waals surface area contributed by atoms with Crippen molar-refractivity contribution in [3.8, 4) is 11.4 Å². The van der Waals surface area contributed by atoms with Crippen molar-refractivity contribution in [2.75, 3.05) is 12.9 Å². The van der Waals surface area contributed by atoms with Crippen LogP contribution in [0.5, 0.6) is 5.75 Å². The number of ether oxygens (including phenoxy) is 1. The van der Waals surface area contributed by atoms with E-state index in [0.717, 1.165) is 12.8 Å². The number of aromatic nitrogens is 2. The minimum atomic E-state index is -0.150. The molecular weight excluding hydrogens is 394 g/mol. The second-order valence-electron chi connectivity index (χ2n) is 6.68. The van der Waals surface area contributed by atoms with Crippen molar-refractivity contribution in [2.45, 2.75) is 36.9 Å². The largest absolute Gasteiger partial charge is 0.495 e. The number of para-hydroxylation sites is 2. The zero-order valence-corrected chi connectivity index (χ0v) is 17.1. The summed E-state index contributed by atoms with van der Waals surface area (Å²) in [6.45, 7) is 0. The van der Waals surface area contributed by atoms with Crippen molar-refractivity contribution in [3.63, 3.8) is 0 Å². The van der Waals surface area contributed by atoms with Gasteiger partial charge in [0.2, 0.25) is 5.91 Å². The van der Waals surface area contributed by atoms with Crippen LogP contribution in [0, 0.1) is 0 Å². The molecule has 146 valence electrons. The third-order valence-electron chi connectivity index (χ3n) is 4.83. The van der Waals surface area contributed by atoms with E-state index in [-0.39, 0.29) is 23.3 Å². The molecule has 4 rings (SSSR count). The Bertz CT molecular complexity index is 1050. The highest BCUT2D eigenvalue weighted by Crippen LogP contribution is 2.28. The van der Waals surface area contributed by atoms with Crippen LogP contribution >= 0.6 is 23.1 Å². The molecule has 1 aromatic carbocycles. The highest BCUT2D eigenvalue weighted by Gasteiger charge is 2.20. The normalized spacial score (nSPS) is 14.5. The van der Waals surface area contributed by atoms with Gasteiger partial charge in [-0.1, -0.05) is 36.7 Å². The number of hydrogen-bond acceptors (Lipinski definition) is 6. The fourth-order valence-electron chi connectivity index (χ4n) is 3.49. The van der Waals surface area contributed by atoms with Gasteiger partial charge in [0.25, 0.3) is 5.56 Å². The molecule has 0 atom stereocenters. The van der Waals surface area contributed by atoms with E-state index in [9.17, 15) is 9.59 Å². The predicted octanol–water partition coefficient (Wildman–Crippen LogP) is 3.61. The third kappa shape index (κ3) is 3.79. The number of amides is 1. The maximum absolute atomic E-state index is 13.2. The molecule has 0 spiro atoms. The number of fused-ring (bicyclic) bond motifs is 1. The van der Waals surface area contributed by atoms with Crippen LogP contribution in [0.25, 0.3) is 15.9 Å². The minimum Gasteiger partial charge on any atom is -0.495 e. The number of carbonyl (C=O) groups is 1. The van der Waals surface area contributed by atoms with Gasteiger partial charge in [0.1, 0.15) is 10.4 Å². The van der Waals surface area contributed by atoms with Crippen LogP contribution in [-0.2, 0) is 4.79 Å². The lowest BCUT2D eigenvalue weighted by atomic mass is 10.2. The number of thiophene rings is 1. The fraction of sp³-hybridized carbons (Fsp3) is 0.350. The molecule has 1 aliphatic carbocycles. The first-order chi connectivity index (χ1) is 13.7. The minimum absolute atomic E-state index is 0.0249. The lowest BCUT2D eigenvalue weighted by Crippen LogP contribution is -2.34. The molecular formula is C20H21N3O3S2. The third-order valence-corrected chi connectivity index (χ3v) is 6.66. The summed E-state index contributed by atoms with van der Waals surface area (Å²) < 4.78 is 7.58. The van der Waals surface area contributed by atoms with Gasteiger partial charge in [-0.15, -0.1) is 11.3 Å². The van der Waals surface area contributed by atoms with Crippen LogP contribution in [0.1, 0.15) is 25.7 Å². The van der Waals surface area contributed by atoms with Crippen LogP contribution in [0.2, 0.25) is 0 Å². The summed E-state index contributed by atoms with van der Waals surface area (Å²) in [7, 11) is 1.57. The van der Waals surface area contributed by atoms with Crippen LogP contribution < -0.4 is 15.6 Å². The molecule has 0 aliphatic heterocycles. The second-order valence-corrected chi connectivity index (χ2v) is 8.54. The molecule has 0 bridgehead atoms. The molecule has 1 N–H and O–H groups in total. The number of rotatable bonds is 6. The molecule has 3 aromatic rings. The molecule has 1 fully saturated rings. The van der Waals surface area contributed by atoms with Crippen LogP contribution in [0.15, 0.2) is 45.7 Å². The summed E-state index contributed by atoms with van der Waals surface area (Å²) in [6.07, 6.45) is 4.42. The van der Waals surface area contributed by atoms with Gasteiger partial charge in [-0.05, 0) is 36.4 Å². The highest BCUT2D eigenvalue weighted by atomic mass is 32.2. The number of carbonyl (C=O) groups excluding carboxylic acids is 1. The molecule has 1 saturated carbocycles. The van der Waals surface area contributed by atoms with Crippen molar-refractivity contribution in [1.29, 1.82) is 0 Å². The van der Waals surface area contributed by atoms with E-state index in [1.807, 2.05) is 35.7 Å². The summed E-state index contributed by atoms with van der Waals surface area (Å²) in [6, 6.07) is 9.44. The van der Waals surface area contributed by atoms with E-state index in [2.05, 4.69) is 10.3 Å². The summed E-state index contributed by atoms with van der Waals surface area (Å²) in [4.78, 5) is 30.2. The first kappa shape index (κ1) is 19.0. The topological polar surface area (TPSA) is 73.2 Å². The summed E-state index contributed by atoms with van der Waals surface area (Å²) >= 11 is 2.64. The Hall–Kier alpha value is -2.32. The van der Waals surface area contributed by atoms with Gasteiger partial charge >= 0.3 is 0 Å². The fourth-order valence-corrected chi connectivity index (χ4v) is 5.06. The predicted molar refractivity (Wildman–Crippen MR) is 113 cm³/mol. The molecule has 28 heavy (non-hydrogen) atoms. The van der Waals surface area contributed by atoms with Gasteiger partial charge in [0, 0.05) is 6.04 Å². The van der Waals surface area contributed by atoms with Gasteiger partial charge in [-0.2, -0.15) is 0 Å². The average molecular weight is 416 g/mol. The molecule has 0 radical (unpaired) electrons. The van der Waals surface area contributed by atoms with Crippen molar-refractivity contribution in [2.24, 2.45) is 0 Å². The standard InChI is InChI=1S/C20H21N3O3S2/c1-26-16-9-5-4-8-15(16)23-19(25)18-14(10-11-27-18)22-20(23)28-12-17(24)21-13-6-2-3-7-13/h4-5,8-11,13H,2-3,6-7,12H2,1H3,(H,21,24). The average Bonchev–Trinajstić information content (AvgIpc) is 3.38. The summed E-state index contributed by atoms with van der Waals surface area (Å²) in [5.74, 6) is 0.774. The monoisotopic (exact) mass is 415 g/mol. The van der Waals surface area contributed by atoms with Crippen molar-refractivity contribution >= 4 is 39.2 Å². The first-order valence-corrected chi connectivity index (χ1v) is 11.1. The number of methoxy groups -OCH3 is 1. The van der Waals surface area contributed by atoms with Gasteiger partial charge in [-0.3, -0.25) is 14.2 Å². The SMILES string of the molecule is COc1ccccc1-n1c(SCC(=O)NC2CCCC2)nc2ccsc2c1=O. The molecule has 2 aromatic heterocycles. The zero-order chi connectivity index (χ0) is 19.5. The lowest BCUT2D eigenvalue weighted by molar-refractivity contribution is -0.119. The first-order valence-electron chi connectivity index (χ1n) is 9.23. The van der Waals surface area contributed by atoms with Gasteiger partial charge < -0.3 is 10.1 Å². The summed E-state index contributed by atoms with van der Waals surface area (Å²) in [5, 5.41) is 5.42. The zero-order valence-electron chi connectivity index (χ0n) is 15.5. The highest BCUT2D eigenvalue weighted by molar-refractivity contribution is 7.99. The van der Waals surface area contributed by atoms with Crippen LogP contribution in [0.3, 0.4) is 0 Å². The number of nitrogens with zero attached hydrogens (tertiary/aromatic N) is 2. The van der Waals surface area contributed by atoms with Crippen molar-refractivity contribution < 1.29 is 9.53 Å². The Labute approximate surface area is 170 Å². The van der Waals surface area contributed by atoms with Gasteiger partial charge in [-0.25, -0.2) is 4.98 Å². The number of benzene rings is 1. The Kier molecular flexibility index (Phi) is 5.68. The Balaban J connectivity index is 1.68. The molecule has 1 amide bonds. The van der Waals surface area contributed by atoms with Crippen LogP contribution in [-0.4, -0.2) is 34.4 Å². The molecule has 8 heteroatoms. The van der Waals surface area contributed by atoms with Crippen molar-refractivity contribution in [1.82, 2.24) is 14.9 Å². The van der Waals surface area contributed by atoms with E-state index in [0.29, 0.717) is 26.8 Å². The summed E-state index contributed by atoms with van der Waals surface area (Å²) in [5.41, 5.74) is 1.12. The van der Waals surface area contributed by atoms with Crippen molar-refractivity contribution in [3.05, 3.63) is 46.1 Å².